The zero-order valence-corrected chi connectivity index (χ0v) is 10.5. The van der Waals surface area contributed by atoms with Gasteiger partial charge in [0.05, 0.1) is 6.04 Å². The molecule has 16 heavy (non-hydrogen) atoms. The molecule has 1 aliphatic heterocycles. The van der Waals surface area contributed by atoms with E-state index in [0.29, 0.717) is 6.04 Å². The highest BCUT2D eigenvalue weighted by Gasteiger charge is 2.22. The molecule has 0 bridgehead atoms. The van der Waals surface area contributed by atoms with E-state index in [1.54, 1.807) is 0 Å². The van der Waals surface area contributed by atoms with Gasteiger partial charge in [0.15, 0.2) is 0 Å². The van der Waals surface area contributed by atoms with Crippen LogP contribution in [0.3, 0.4) is 0 Å². The number of amides is 1. The molecule has 0 aromatic carbocycles. The molecule has 0 radical (unpaired) electrons. The fourth-order valence-electron chi connectivity index (χ4n) is 1.70. The zero-order valence-electron chi connectivity index (χ0n) is 10.5. The van der Waals surface area contributed by atoms with Gasteiger partial charge >= 0.3 is 0 Å². The van der Waals surface area contributed by atoms with Crippen LogP contribution >= 0.6 is 0 Å². The van der Waals surface area contributed by atoms with Gasteiger partial charge in [0.2, 0.25) is 5.91 Å². The Labute approximate surface area is 98.0 Å². The monoisotopic (exact) mass is 228 g/mol. The first-order valence-electron chi connectivity index (χ1n) is 5.99. The van der Waals surface area contributed by atoms with Crippen LogP contribution in [-0.4, -0.2) is 63.2 Å². The van der Waals surface area contributed by atoms with Crippen molar-refractivity contribution in [3.8, 4) is 0 Å². The number of nitrogens with zero attached hydrogens (tertiary/aromatic N) is 1. The van der Waals surface area contributed by atoms with Crippen LogP contribution in [0, 0.1) is 0 Å². The summed E-state index contributed by atoms with van der Waals surface area (Å²) in [6.45, 7) is 5.45. The summed E-state index contributed by atoms with van der Waals surface area (Å²) < 4.78 is 0. The average Bonchev–Trinajstić information content (AvgIpc) is 2.25. The molecule has 1 rings (SSSR count). The Morgan fingerprint density at radius 3 is 2.69 bits per heavy atom. The highest BCUT2D eigenvalue weighted by molar-refractivity contribution is 5.82. The van der Waals surface area contributed by atoms with Gasteiger partial charge in [-0.05, 0) is 34.0 Å². The lowest BCUT2D eigenvalue weighted by Gasteiger charge is -2.28. The Kier molecular flexibility index (Phi) is 5.73. The summed E-state index contributed by atoms with van der Waals surface area (Å²) in [5, 5.41) is 9.48. The lowest BCUT2D eigenvalue weighted by molar-refractivity contribution is -0.123. The van der Waals surface area contributed by atoms with Crippen molar-refractivity contribution in [2.75, 3.05) is 40.3 Å². The van der Waals surface area contributed by atoms with Gasteiger partial charge in [0.1, 0.15) is 0 Å². The maximum atomic E-state index is 11.7. The van der Waals surface area contributed by atoms with Crippen LogP contribution in [0.25, 0.3) is 0 Å². The van der Waals surface area contributed by atoms with E-state index in [0.717, 1.165) is 32.6 Å². The van der Waals surface area contributed by atoms with Crippen LogP contribution in [0.1, 0.15) is 13.3 Å². The van der Waals surface area contributed by atoms with E-state index < -0.39 is 0 Å². The molecular formula is C11H24N4O. The molecular weight excluding hydrogens is 204 g/mol. The Morgan fingerprint density at radius 1 is 1.38 bits per heavy atom. The second kappa shape index (κ2) is 6.83. The second-order valence-electron chi connectivity index (χ2n) is 4.72. The topological polar surface area (TPSA) is 56.4 Å². The van der Waals surface area contributed by atoms with Gasteiger partial charge in [-0.15, -0.1) is 0 Å². The molecule has 1 amide bonds. The second-order valence-corrected chi connectivity index (χ2v) is 4.72. The average molecular weight is 228 g/mol. The zero-order chi connectivity index (χ0) is 12.0. The van der Waals surface area contributed by atoms with Crippen molar-refractivity contribution in [3.63, 3.8) is 0 Å². The van der Waals surface area contributed by atoms with Crippen LogP contribution in [0.2, 0.25) is 0 Å². The van der Waals surface area contributed by atoms with Crippen molar-refractivity contribution in [2.24, 2.45) is 0 Å². The van der Waals surface area contributed by atoms with Gasteiger partial charge in [-0.25, -0.2) is 0 Å². The SMILES string of the molecule is CC1CNC(C(=O)NCCCN(C)C)CN1. The lowest BCUT2D eigenvalue weighted by Crippen LogP contribution is -2.59. The number of hydrogen-bond acceptors (Lipinski definition) is 4. The van der Waals surface area contributed by atoms with Crippen molar-refractivity contribution in [1.29, 1.82) is 0 Å². The van der Waals surface area contributed by atoms with E-state index in [-0.39, 0.29) is 11.9 Å². The van der Waals surface area contributed by atoms with Gasteiger partial charge in [-0.1, -0.05) is 0 Å². The molecule has 1 aliphatic rings. The van der Waals surface area contributed by atoms with E-state index in [1.165, 1.54) is 0 Å². The Hall–Kier alpha value is -0.650. The summed E-state index contributed by atoms with van der Waals surface area (Å²) in [6.07, 6.45) is 0.995. The standard InChI is InChI=1S/C11H24N4O/c1-9-7-14-10(8-13-9)11(16)12-5-4-6-15(2)3/h9-10,13-14H,4-8H2,1-3H3,(H,12,16). The third-order valence-electron chi connectivity index (χ3n) is 2.74. The van der Waals surface area contributed by atoms with Gasteiger partial charge in [-0.2, -0.15) is 0 Å². The van der Waals surface area contributed by atoms with E-state index in [9.17, 15) is 4.79 Å². The minimum Gasteiger partial charge on any atom is -0.355 e. The first-order chi connectivity index (χ1) is 7.59. The molecule has 2 atom stereocenters. The van der Waals surface area contributed by atoms with Gasteiger partial charge in [0, 0.05) is 25.7 Å². The molecule has 1 heterocycles. The van der Waals surface area contributed by atoms with Crippen molar-refractivity contribution < 1.29 is 4.79 Å². The van der Waals surface area contributed by atoms with Crippen LogP contribution in [0.5, 0.6) is 0 Å². The number of nitrogens with one attached hydrogen (secondary N) is 3. The molecule has 2 unspecified atom stereocenters. The van der Waals surface area contributed by atoms with Crippen LogP contribution < -0.4 is 16.0 Å². The minimum atomic E-state index is -0.0736. The number of rotatable bonds is 5. The Balaban J connectivity index is 2.10. The number of hydrogen-bond donors (Lipinski definition) is 3. The number of carbonyl (C=O) groups is 1. The van der Waals surface area contributed by atoms with Crippen LogP contribution in [0.15, 0.2) is 0 Å². The smallest absolute Gasteiger partial charge is 0.238 e. The first kappa shape index (κ1) is 13.4. The summed E-state index contributed by atoms with van der Waals surface area (Å²) in [4.78, 5) is 13.8. The summed E-state index contributed by atoms with van der Waals surface area (Å²) in [6, 6.07) is 0.383. The fraction of sp³-hybridized carbons (Fsp3) is 0.909. The minimum absolute atomic E-state index is 0.0736. The molecule has 3 N–H and O–H groups in total. The number of carbonyl (C=O) groups excluding carboxylic acids is 1. The van der Waals surface area contributed by atoms with Crippen molar-refractivity contribution >= 4 is 5.91 Å². The summed E-state index contributed by atoms with van der Waals surface area (Å²) >= 11 is 0. The maximum Gasteiger partial charge on any atom is 0.238 e. The van der Waals surface area contributed by atoms with Crippen molar-refractivity contribution in [1.82, 2.24) is 20.9 Å². The van der Waals surface area contributed by atoms with Gasteiger partial charge in [0.25, 0.3) is 0 Å². The summed E-state index contributed by atoms with van der Waals surface area (Å²) in [7, 11) is 4.08. The molecule has 0 saturated carbocycles. The fourth-order valence-corrected chi connectivity index (χ4v) is 1.70. The maximum absolute atomic E-state index is 11.7. The highest BCUT2D eigenvalue weighted by atomic mass is 16.2. The highest BCUT2D eigenvalue weighted by Crippen LogP contribution is 1.93. The molecule has 1 saturated heterocycles. The quantitative estimate of drug-likeness (QED) is 0.529. The molecule has 94 valence electrons. The van der Waals surface area contributed by atoms with E-state index in [1.807, 2.05) is 14.1 Å². The first-order valence-corrected chi connectivity index (χ1v) is 5.99. The van der Waals surface area contributed by atoms with Crippen LogP contribution in [0.4, 0.5) is 0 Å². The Bertz CT molecular complexity index is 212. The molecule has 0 aromatic rings. The molecule has 1 fully saturated rings. The van der Waals surface area contributed by atoms with E-state index >= 15 is 0 Å². The Morgan fingerprint density at radius 2 is 2.12 bits per heavy atom. The molecule has 0 spiro atoms. The molecule has 0 aromatic heterocycles. The normalized spacial score (nSPS) is 25.8. The third kappa shape index (κ3) is 4.92. The van der Waals surface area contributed by atoms with Gasteiger partial charge < -0.3 is 20.9 Å². The predicted molar refractivity (Wildman–Crippen MR) is 65.4 cm³/mol. The van der Waals surface area contributed by atoms with Crippen molar-refractivity contribution in [3.05, 3.63) is 0 Å². The van der Waals surface area contributed by atoms with Gasteiger partial charge in [-0.3, -0.25) is 4.79 Å². The van der Waals surface area contributed by atoms with E-state index in [2.05, 4.69) is 27.8 Å². The van der Waals surface area contributed by atoms with Crippen molar-refractivity contribution in [2.45, 2.75) is 25.4 Å². The number of piperazine rings is 1. The largest absolute Gasteiger partial charge is 0.355 e. The summed E-state index contributed by atoms with van der Waals surface area (Å²) in [5.74, 6) is 0.109. The predicted octanol–water partition coefficient (Wildman–Crippen LogP) is -0.996. The van der Waals surface area contributed by atoms with E-state index in [4.69, 9.17) is 0 Å². The molecule has 5 heteroatoms. The molecule has 0 aliphatic carbocycles. The van der Waals surface area contributed by atoms with Crippen LogP contribution in [-0.2, 0) is 4.79 Å². The summed E-state index contributed by atoms with van der Waals surface area (Å²) in [5.41, 5.74) is 0. The lowest BCUT2D eigenvalue weighted by atomic mass is 10.1. The third-order valence-corrected chi connectivity index (χ3v) is 2.74. The molecule has 5 nitrogen and oxygen atoms in total.